The van der Waals surface area contributed by atoms with Gasteiger partial charge in [-0.1, -0.05) is 59.3 Å². The molecule has 2 saturated heterocycles. The predicted molar refractivity (Wildman–Crippen MR) is 188 cm³/mol. The van der Waals surface area contributed by atoms with Crippen LogP contribution in [-0.2, 0) is 14.3 Å². The number of carbonyl (C=O) groups excluding carboxylic acids is 2. The number of morpholine rings is 1. The standard InChI is InChI=1S/C33H31Cl2N3O7S2/c1-43-28-17-21(32(41)42)2-6-26(28)36-30(39)8-9-38-31(40)29(47-33(38)46)18-22-16-20(24-5-4-23(34)19-25(24)35)3-7-27(22)45-15-12-37-10-13-44-14-11-37/h2-7,16-19H,8-15H2,1H3,(H,36,39)(H,41,42). The number of methoxy groups -OCH3 is 1. The zero-order valence-corrected chi connectivity index (χ0v) is 28.4. The van der Waals surface area contributed by atoms with Crippen LogP contribution in [0.3, 0.4) is 0 Å². The Balaban J connectivity index is 1.31. The molecule has 3 aromatic rings. The van der Waals surface area contributed by atoms with Gasteiger partial charge in [-0.2, -0.15) is 0 Å². The zero-order chi connectivity index (χ0) is 33.5. The van der Waals surface area contributed by atoms with Crippen LogP contribution in [0.2, 0.25) is 10.0 Å². The number of aromatic carboxylic acids is 1. The number of amides is 2. The first-order valence-corrected chi connectivity index (χ1v) is 16.6. The minimum absolute atomic E-state index is 0.0247. The molecular weight excluding hydrogens is 685 g/mol. The summed E-state index contributed by atoms with van der Waals surface area (Å²) in [6, 6.07) is 15.1. The van der Waals surface area contributed by atoms with Gasteiger partial charge < -0.3 is 24.6 Å². The van der Waals surface area contributed by atoms with Crippen LogP contribution in [0.25, 0.3) is 17.2 Å². The topological polar surface area (TPSA) is 118 Å². The normalized spacial score (nSPS) is 16.1. The molecule has 0 aliphatic carbocycles. The van der Waals surface area contributed by atoms with Crippen LogP contribution in [0.5, 0.6) is 11.5 Å². The Labute approximate surface area is 291 Å². The van der Waals surface area contributed by atoms with Gasteiger partial charge >= 0.3 is 5.97 Å². The molecule has 2 heterocycles. The van der Waals surface area contributed by atoms with Gasteiger partial charge in [-0.15, -0.1) is 0 Å². The lowest BCUT2D eigenvalue weighted by Gasteiger charge is -2.26. The molecule has 0 unspecified atom stereocenters. The number of halogens is 2. The maximum Gasteiger partial charge on any atom is 0.335 e. The molecule has 2 amide bonds. The van der Waals surface area contributed by atoms with Gasteiger partial charge in [-0.3, -0.25) is 19.4 Å². The van der Waals surface area contributed by atoms with Gasteiger partial charge in [0.25, 0.3) is 5.91 Å². The third-order valence-corrected chi connectivity index (χ3v) is 9.39. The number of carboxylic acid groups (broad SMARTS) is 1. The van der Waals surface area contributed by atoms with Crippen molar-refractivity contribution in [2.75, 3.05) is 58.4 Å². The van der Waals surface area contributed by atoms with E-state index < -0.39 is 11.9 Å². The molecule has 246 valence electrons. The average Bonchev–Trinajstić information content (AvgIpc) is 3.32. The van der Waals surface area contributed by atoms with Gasteiger partial charge in [-0.25, -0.2) is 4.79 Å². The molecule has 2 N–H and O–H groups in total. The Hall–Kier alpha value is -3.65. The number of benzene rings is 3. The highest BCUT2D eigenvalue weighted by Gasteiger charge is 2.32. The molecule has 0 aromatic heterocycles. The van der Waals surface area contributed by atoms with Crippen molar-refractivity contribution in [1.29, 1.82) is 0 Å². The summed E-state index contributed by atoms with van der Waals surface area (Å²) in [6.45, 7) is 4.30. The summed E-state index contributed by atoms with van der Waals surface area (Å²) < 4.78 is 17.2. The molecular formula is C33H31Cl2N3O7S2. The van der Waals surface area contributed by atoms with E-state index in [1.54, 1.807) is 18.2 Å². The maximum absolute atomic E-state index is 13.5. The Kier molecular flexibility index (Phi) is 11.8. The third-order valence-electron chi connectivity index (χ3n) is 7.47. The van der Waals surface area contributed by atoms with E-state index in [1.807, 2.05) is 24.3 Å². The zero-order valence-electron chi connectivity index (χ0n) is 25.3. The Morgan fingerprint density at radius 3 is 2.57 bits per heavy atom. The van der Waals surface area contributed by atoms with Gasteiger partial charge in [0.2, 0.25) is 5.91 Å². The van der Waals surface area contributed by atoms with Crippen molar-refractivity contribution in [3.8, 4) is 22.6 Å². The molecule has 14 heteroatoms. The maximum atomic E-state index is 13.5. The summed E-state index contributed by atoms with van der Waals surface area (Å²) in [4.78, 5) is 41.6. The van der Waals surface area contributed by atoms with Crippen molar-refractivity contribution in [3.05, 3.63) is 80.7 Å². The fourth-order valence-corrected chi connectivity index (χ4v) is 6.80. The molecule has 10 nitrogen and oxygen atoms in total. The largest absolute Gasteiger partial charge is 0.495 e. The lowest BCUT2D eigenvalue weighted by Crippen LogP contribution is -2.38. The van der Waals surface area contributed by atoms with Crippen molar-refractivity contribution >= 4 is 81.0 Å². The molecule has 3 aromatic carbocycles. The molecule has 2 fully saturated rings. The highest BCUT2D eigenvalue weighted by Crippen LogP contribution is 2.38. The van der Waals surface area contributed by atoms with E-state index >= 15 is 0 Å². The fourth-order valence-electron chi connectivity index (χ4n) is 4.98. The van der Waals surface area contributed by atoms with E-state index in [4.69, 9.17) is 49.6 Å². The van der Waals surface area contributed by atoms with Crippen LogP contribution < -0.4 is 14.8 Å². The van der Waals surface area contributed by atoms with Crippen LogP contribution in [0.15, 0.2) is 59.5 Å². The molecule has 0 bridgehead atoms. The van der Waals surface area contributed by atoms with Crippen LogP contribution in [0.4, 0.5) is 5.69 Å². The van der Waals surface area contributed by atoms with Crippen molar-refractivity contribution < 1.29 is 33.7 Å². The molecule has 0 radical (unpaired) electrons. The second kappa shape index (κ2) is 16.0. The minimum atomic E-state index is -1.12. The monoisotopic (exact) mass is 715 g/mol. The second-order valence-corrected chi connectivity index (χ2v) is 13.1. The smallest absolute Gasteiger partial charge is 0.335 e. The van der Waals surface area contributed by atoms with E-state index in [-0.39, 0.29) is 30.2 Å². The van der Waals surface area contributed by atoms with E-state index in [9.17, 15) is 19.5 Å². The number of anilines is 1. The first-order chi connectivity index (χ1) is 22.6. The van der Waals surface area contributed by atoms with Gasteiger partial charge in [0.05, 0.1) is 36.5 Å². The number of rotatable bonds is 12. The van der Waals surface area contributed by atoms with Gasteiger partial charge in [-0.05, 0) is 54.1 Å². The number of ether oxygens (including phenoxy) is 3. The van der Waals surface area contributed by atoms with Gasteiger partial charge in [0.15, 0.2) is 0 Å². The predicted octanol–water partition coefficient (Wildman–Crippen LogP) is 6.31. The van der Waals surface area contributed by atoms with Crippen molar-refractivity contribution in [2.24, 2.45) is 0 Å². The lowest BCUT2D eigenvalue weighted by atomic mass is 10.0. The van der Waals surface area contributed by atoms with Crippen LogP contribution in [-0.4, -0.2) is 90.1 Å². The molecule has 2 aliphatic rings. The van der Waals surface area contributed by atoms with E-state index in [0.717, 1.165) is 42.5 Å². The van der Waals surface area contributed by atoms with Crippen LogP contribution in [0.1, 0.15) is 22.3 Å². The number of carbonyl (C=O) groups is 3. The summed E-state index contributed by atoms with van der Waals surface area (Å²) in [5, 5.41) is 12.9. The second-order valence-electron chi connectivity index (χ2n) is 10.5. The number of nitrogens with zero attached hydrogens (tertiary/aromatic N) is 2. The number of carboxylic acids is 1. The van der Waals surface area contributed by atoms with E-state index in [2.05, 4.69) is 10.2 Å². The van der Waals surface area contributed by atoms with E-state index in [1.165, 1.54) is 30.2 Å². The van der Waals surface area contributed by atoms with Crippen LogP contribution >= 0.6 is 47.2 Å². The summed E-state index contributed by atoms with van der Waals surface area (Å²) in [5.74, 6) is -1.04. The SMILES string of the molecule is COc1cc(C(=O)O)ccc1NC(=O)CCN1C(=O)C(=Cc2cc(-c3ccc(Cl)cc3Cl)ccc2OCCN2CCOCC2)SC1=S. The summed E-state index contributed by atoms with van der Waals surface area (Å²) in [5.41, 5.74) is 2.60. The highest BCUT2D eigenvalue weighted by atomic mass is 35.5. The highest BCUT2D eigenvalue weighted by molar-refractivity contribution is 8.26. The lowest BCUT2D eigenvalue weighted by molar-refractivity contribution is -0.122. The number of nitrogens with one attached hydrogen (secondary N) is 1. The molecule has 47 heavy (non-hydrogen) atoms. The molecule has 0 atom stereocenters. The van der Waals surface area contributed by atoms with Gasteiger partial charge in [0, 0.05) is 53.8 Å². The Morgan fingerprint density at radius 1 is 1.06 bits per heavy atom. The summed E-state index contributed by atoms with van der Waals surface area (Å²) >= 11 is 19.3. The van der Waals surface area contributed by atoms with E-state index in [0.29, 0.717) is 56.1 Å². The molecule has 0 spiro atoms. The fraction of sp³-hybridized carbons (Fsp3) is 0.273. The summed E-state index contributed by atoms with van der Waals surface area (Å²) in [6.07, 6.45) is 1.69. The van der Waals surface area contributed by atoms with Crippen LogP contribution in [0, 0.1) is 0 Å². The first kappa shape index (κ1) is 34.7. The van der Waals surface area contributed by atoms with Crippen molar-refractivity contribution in [1.82, 2.24) is 9.80 Å². The Bertz CT molecular complexity index is 1730. The summed E-state index contributed by atoms with van der Waals surface area (Å²) in [7, 11) is 1.38. The number of hydrogen-bond acceptors (Lipinski definition) is 9. The quantitative estimate of drug-likeness (QED) is 0.163. The third kappa shape index (κ3) is 8.83. The molecule has 0 saturated carbocycles. The van der Waals surface area contributed by atoms with Crippen molar-refractivity contribution in [3.63, 3.8) is 0 Å². The van der Waals surface area contributed by atoms with Gasteiger partial charge in [0.1, 0.15) is 22.4 Å². The molecule has 2 aliphatic heterocycles. The number of thioether (sulfide) groups is 1. The minimum Gasteiger partial charge on any atom is -0.495 e. The van der Waals surface area contributed by atoms with Crippen molar-refractivity contribution in [2.45, 2.75) is 6.42 Å². The Morgan fingerprint density at radius 2 is 1.85 bits per heavy atom. The number of thiocarbonyl (C=S) groups is 1. The average molecular weight is 717 g/mol. The molecule has 5 rings (SSSR count). The first-order valence-electron chi connectivity index (χ1n) is 14.6. The number of hydrogen-bond donors (Lipinski definition) is 2.